The van der Waals surface area contributed by atoms with Crippen LogP contribution in [0, 0.1) is 18.3 Å². The average Bonchev–Trinajstić information content (AvgIpc) is 3.62. The first-order valence-electron chi connectivity index (χ1n) is 13.4. The molecule has 1 aliphatic heterocycles. The van der Waals surface area contributed by atoms with Gasteiger partial charge in [0.05, 0.1) is 12.6 Å². The molecular formula is C31H35N5O4S. The Labute approximate surface area is 243 Å². The van der Waals surface area contributed by atoms with Crippen molar-refractivity contribution in [1.82, 2.24) is 15.5 Å². The summed E-state index contributed by atoms with van der Waals surface area (Å²) in [5.41, 5.74) is 7.71. The average molecular weight is 574 g/mol. The summed E-state index contributed by atoms with van der Waals surface area (Å²) in [5, 5.41) is 15.1. The summed E-state index contributed by atoms with van der Waals surface area (Å²) in [6.45, 7) is 5.93. The van der Waals surface area contributed by atoms with E-state index in [1.54, 1.807) is 40.6 Å². The predicted octanol–water partition coefficient (Wildman–Crippen LogP) is 4.53. The van der Waals surface area contributed by atoms with Crippen LogP contribution in [0.2, 0.25) is 0 Å². The summed E-state index contributed by atoms with van der Waals surface area (Å²) in [7, 11) is 0. The predicted molar refractivity (Wildman–Crippen MR) is 160 cm³/mol. The second-order valence-corrected chi connectivity index (χ2v) is 11.0. The highest BCUT2D eigenvalue weighted by Crippen LogP contribution is 2.27. The lowest BCUT2D eigenvalue weighted by Crippen LogP contribution is -2.49. The van der Waals surface area contributed by atoms with E-state index in [1.807, 2.05) is 57.2 Å². The molecule has 1 aromatic heterocycles. The molecule has 0 radical (unpaired) electrons. The first-order chi connectivity index (χ1) is 19.6. The summed E-state index contributed by atoms with van der Waals surface area (Å²) in [5.74, 6) is 0.331. The number of hydrogen-bond donors (Lipinski definition) is 4. The number of nitrogens with one attached hydrogen (secondary N) is 3. The van der Waals surface area contributed by atoms with E-state index in [2.05, 4.69) is 10.6 Å². The SMILES string of the molecule is C/C=C/C1C[C@@H](C(=O)N[C@H](C)c2cc(C(=N)N)cs2)N(C(=O)CNC(=O)c2ccc(Oc3ccc(C)cc3)cc2)C1. The minimum Gasteiger partial charge on any atom is -0.457 e. The molecule has 1 unspecified atom stereocenters. The van der Waals surface area contributed by atoms with E-state index in [9.17, 15) is 14.4 Å². The number of rotatable bonds is 10. The first kappa shape index (κ1) is 29.5. The molecule has 1 aliphatic rings. The van der Waals surface area contributed by atoms with Gasteiger partial charge in [-0.1, -0.05) is 29.8 Å². The van der Waals surface area contributed by atoms with Crippen LogP contribution < -0.4 is 21.1 Å². The van der Waals surface area contributed by atoms with Gasteiger partial charge >= 0.3 is 0 Å². The highest BCUT2D eigenvalue weighted by molar-refractivity contribution is 7.10. The van der Waals surface area contributed by atoms with Crippen molar-refractivity contribution in [3.05, 3.63) is 93.7 Å². The van der Waals surface area contributed by atoms with E-state index in [0.29, 0.717) is 35.6 Å². The maximum absolute atomic E-state index is 13.3. The molecule has 0 bridgehead atoms. The summed E-state index contributed by atoms with van der Waals surface area (Å²) < 4.78 is 5.81. The molecule has 41 heavy (non-hydrogen) atoms. The highest BCUT2D eigenvalue weighted by atomic mass is 32.1. The number of carbonyl (C=O) groups is 3. The summed E-state index contributed by atoms with van der Waals surface area (Å²) in [6.07, 6.45) is 4.40. The van der Waals surface area contributed by atoms with Crippen molar-refractivity contribution < 1.29 is 19.1 Å². The van der Waals surface area contributed by atoms with Gasteiger partial charge in [-0.25, -0.2) is 0 Å². The molecular weight excluding hydrogens is 538 g/mol. The number of nitrogen functional groups attached to an aromatic ring is 1. The Kier molecular flexibility index (Phi) is 9.57. The lowest BCUT2D eigenvalue weighted by molar-refractivity contribution is -0.138. The fourth-order valence-corrected chi connectivity index (χ4v) is 5.60. The Hall–Kier alpha value is -4.44. The lowest BCUT2D eigenvalue weighted by Gasteiger charge is -2.25. The second-order valence-electron chi connectivity index (χ2n) is 10.1. The van der Waals surface area contributed by atoms with Gasteiger partial charge in [-0.05, 0) is 75.6 Å². The third-order valence-corrected chi connectivity index (χ3v) is 8.03. The van der Waals surface area contributed by atoms with E-state index in [0.717, 1.165) is 10.4 Å². The van der Waals surface area contributed by atoms with E-state index in [-0.39, 0.29) is 36.2 Å². The minimum atomic E-state index is -0.659. The van der Waals surface area contributed by atoms with Crippen LogP contribution in [0.25, 0.3) is 0 Å². The third-order valence-electron chi connectivity index (χ3n) is 6.91. The number of thiophene rings is 1. The van der Waals surface area contributed by atoms with Crippen LogP contribution in [-0.2, 0) is 9.59 Å². The fraction of sp³-hybridized carbons (Fsp3) is 0.290. The summed E-state index contributed by atoms with van der Waals surface area (Å²) in [4.78, 5) is 41.7. The maximum atomic E-state index is 13.3. The molecule has 4 rings (SSSR count). The van der Waals surface area contributed by atoms with Crippen molar-refractivity contribution in [2.24, 2.45) is 11.7 Å². The smallest absolute Gasteiger partial charge is 0.251 e. The molecule has 0 spiro atoms. The Morgan fingerprint density at radius 3 is 2.39 bits per heavy atom. The molecule has 3 atom stereocenters. The topological polar surface area (TPSA) is 138 Å². The molecule has 5 N–H and O–H groups in total. The van der Waals surface area contributed by atoms with Crippen LogP contribution in [0.3, 0.4) is 0 Å². The van der Waals surface area contributed by atoms with Crippen molar-refractivity contribution in [2.75, 3.05) is 13.1 Å². The number of nitrogens with two attached hydrogens (primary N) is 1. The molecule has 2 aromatic carbocycles. The molecule has 214 valence electrons. The number of hydrogen-bond acceptors (Lipinski definition) is 6. The zero-order valence-corrected chi connectivity index (χ0v) is 24.2. The fourth-order valence-electron chi connectivity index (χ4n) is 4.68. The van der Waals surface area contributed by atoms with Gasteiger partial charge in [0.2, 0.25) is 11.8 Å². The molecule has 9 nitrogen and oxygen atoms in total. The number of benzene rings is 2. The van der Waals surface area contributed by atoms with Gasteiger partial charge in [0.25, 0.3) is 5.91 Å². The van der Waals surface area contributed by atoms with Crippen molar-refractivity contribution in [3.63, 3.8) is 0 Å². The van der Waals surface area contributed by atoms with E-state index in [4.69, 9.17) is 15.9 Å². The van der Waals surface area contributed by atoms with Crippen molar-refractivity contribution >= 4 is 34.9 Å². The van der Waals surface area contributed by atoms with Gasteiger partial charge in [-0.3, -0.25) is 19.8 Å². The van der Waals surface area contributed by atoms with Gasteiger partial charge < -0.3 is 26.0 Å². The van der Waals surface area contributed by atoms with E-state index >= 15 is 0 Å². The molecule has 3 aromatic rings. The standard InChI is InChI=1S/C31H35N5O4S/c1-4-5-21-14-26(31(39)35-20(3)27-15-23(18-41-27)29(32)33)36(17-21)28(37)16-34-30(38)22-8-12-25(13-9-22)40-24-10-6-19(2)7-11-24/h4-13,15,18,20-21,26H,14,16-17H2,1-3H3,(H3,32,33)(H,34,38)(H,35,39)/b5-4+/t20-,21?,26+/m1/s1. The Bertz CT molecular complexity index is 1430. The quantitative estimate of drug-likeness (QED) is 0.160. The van der Waals surface area contributed by atoms with Gasteiger partial charge in [0.1, 0.15) is 23.4 Å². The highest BCUT2D eigenvalue weighted by Gasteiger charge is 2.39. The van der Waals surface area contributed by atoms with Crippen molar-refractivity contribution in [2.45, 2.75) is 39.3 Å². The summed E-state index contributed by atoms with van der Waals surface area (Å²) in [6, 6.07) is 15.2. The second kappa shape index (κ2) is 13.3. The first-order valence-corrected chi connectivity index (χ1v) is 14.3. The minimum absolute atomic E-state index is 0.0265. The number of carbonyl (C=O) groups excluding carboxylic acids is 3. The molecule has 1 fully saturated rings. The molecule has 3 amide bonds. The summed E-state index contributed by atoms with van der Waals surface area (Å²) >= 11 is 1.41. The number of aryl methyl sites for hydroxylation is 1. The zero-order valence-electron chi connectivity index (χ0n) is 23.3. The zero-order chi connectivity index (χ0) is 29.5. The monoisotopic (exact) mass is 573 g/mol. The molecule has 1 saturated heterocycles. The van der Waals surface area contributed by atoms with Crippen molar-refractivity contribution in [3.8, 4) is 11.5 Å². The Morgan fingerprint density at radius 2 is 1.78 bits per heavy atom. The Balaban J connectivity index is 1.35. The largest absolute Gasteiger partial charge is 0.457 e. The number of ether oxygens (including phenoxy) is 1. The van der Waals surface area contributed by atoms with Crippen LogP contribution in [0.5, 0.6) is 11.5 Å². The lowest BCUT2D eigenvalue weighted by atomic mass is 10.0. The van der Waals surface area contributed by atoms with Gasteiger partial charge in [-0.2, -0.15) is 0 Å². The van der Waals surface area contributed by atoms with Crippen LogP contribution in [-0.4, -0.2) is 47.6 Å². The number of amidine groups is 1. The van der Waals surface area contributed by atoms with Crippen LogP contribution in [0.4, 0.5) is 0 Å². The van der Waals surface area contributed by atoms with Gasteiger partial charge in [-0.15, -0.1) is 11.3 Å². The van der Waals surface area contributed by atoms with Crippen LogP contribution in [0.15, 0.2) is 72.1 Å². The van der Waals surface area contributed by atoms with Crippen LogP contribution in [0.1, 0.15) is 52.7 Å². The molecule has 10 heteroatoms. The number of allylic oxidation sites excluding steroid dienone is 1. The molecule has 0 aliphatic carbocycles. The molecule has 0 saturated carbocycles. The third kappa shape index (κ3) is 7.61. The number of likely N-dealkylation sites (tertiary alicyclic amines) is 1. The van der Waals surface area contributed by atoms with Gasteiger partial charge in [0.15, 0.2) is 0 Å². The molecule has 2 heterocycles. The van der Waals surface area contributed by atoms with Gasteiger partial charge in [0, 0.05) is 27.9 Å². The Morgan fingerprint density at radius 1 is 1.12 bits per heavy atom. The number of nitrogens with zero attached hydrogens (tertiary/aromatic N) is 1. The normalized spacial score (nSPS) is 17.3. The van der Waals surface area contributed by atoms with Crippen LogP contribution >= 0.6 is 11.3 Å². The van der Waals surface area contributed by atoms with E-state index < -0.39 is 11.9 Å². The number of amides is 3. The van der Waals surface area contributed by atoms with E-state index in [1.165, 1.54) is 11.3 Å². The maximum Gasteiger partial charge on any atom is 0.251 e. The van der Waals surface area contributed by atoms with Crippen molar-refractivity contribution in [1.29, 1.82) is 5.41 Å².